The summed E-state index contributed by atoms with van der Waals surface area (Å²) in [6.07, 6.45) is 2.27. The summed E-state index contributed by atoms with van der Waals surface area (Å²) in [7, 11) is 0. The number of rotatable bonds is 3. The van der Waals surface area contributed by atoms with Crippen molar-refractivity contribution >= 4 is 0 Å². The van der Waals surface area contributed by atoms with Gasteiger partial charge in [0, 0.05) is 19.6 Å². The molecule has 0 saturated carbocycles. The molecular formula is C18H21FN2. The van der Waals surface area contributed by atoms with Crippen molar-refractivity contribution in [3.05, 3.63) is 70.5 Å². The number of nitrogens with zero attached hydrogens (tertiary/aromatic N) is 1. The fourth-order valence-corrected chi connectivity index (χ4v) is 3.09. The van der Waals surface area contributed by atoms with Gasteiger partial charge in [0.25, 0.3) is 0 Å². The second kappa shape index (κ2) is 6.37. The van der Waals surface area contributed by atoms with E-state index >= 15 is 0 Å². The van der Waals surface area contributed by atoms with Gasteiger partial charge in [-0.25, -0.2) is 4.39 Å². The van der Waals surface area contributed by atoms with Crippen molar-refractivity contribution in [2.24, 2.45) is 5.73 Å². The van der Waals surface area contributed by atoms with Gasteiger partial charge in [0.1, 0.15) is 5.82 Å². The monoisotopic (exact) mass is 284 g/mol. The maximum atomic E-state index is 13.5. The van der Waals surface area contributed by atoms with E-state index in [9.17, 15) is 4.39 Å². The largest absolute Gasteiger partial charge is 0.326 e. The Balaban J connectivity index is 1.81. The van der Waals surface area contributed by atoms with Gasteiger partial charge in [-0.1, -0.05) is 30.3 Å². The van der Waals surface area contributed by atoms with Crippen molar-refractivity contribution in [2.75, 3.05) is 6.54 Å². The second-order valence-electron chi connectivity index (χ2n) is 5.70. The van der Waals surface area contributed by atoms with Crippen LogP contribution in [0.2, 0.25) is 0 Å². The van der Waals surface area contributed by atoms with Gasteiger partial charge < -0.3 is 5.73 Å². The molecule has 2 nitrogen and oxygen atoms in total. The third-order valence-electron chi connectivity index (χ3n) is 4.21. The van der Waals surface area contributed by atoms with Crippen molar-refractivity contribution in [1.29, 1.82) is 0 Å². The molecule has 2 N–H and O–H groups in total. The van der Waals surface area contributed by atoms with Crippen LogP contribution in [0.5, 0.6) is 0 Å². The van der Waals surface area contributed by atoms with Crippen molar-refractivity contribution in [3.63, 3.8) is 0 Å². The van der Waals surface area contributed by atoms with Gasteiger partial charge in [0.05, 0.1) is 0 Å². The molecule has 0 spiro atoms. The van der Waals surface area contributed by atoms with Crippen LogP contribution in [-0.4, -0.2) is 11.4 Å². The summed E-state index contributed by atoms with van der Waals surface area (Å²) in [5, 5.41) is 0. The van der Waals surface area contributed by atoms with E-state index in [-0.39, 0.29) is 5.82 Å². The second-order valence-corrected chi connectivity index (χ2v) is 5.70. The quantitative estimate of drug-likeness (QED) is 0.937. The molecule has 3 heteroatoms. The number of hydrogen-bond donors (Lipinski definition) is 1. The molecule has 0 unspecified atom stereocenters. The van der Waals surface area contributed by atoms with Gasteiger partial charge in [0.2, 0.25) is 0 Å². The third-order valence-corrected chi connectivity index (χ3v) is 4.21. The molecule has 0 aromatic heterocycles. The minimum absolute atomic E-state index is 0.183. The van der Waals surface area contributed by atoms with E-state index in [0.717, 1.165) is 43.6 Å². The molecule has 2 aromatic carbocycles. The molecule has 1 heterocycles. The predicted octanol–water partition coefficient (Wildman–Crippen LogP) is 3.23. The fourth-order valence-electron chi connectivity index (χ4n) is 3.09. The summed E-state index contributed by atoms with van der Waals surface area (Å²) in [5.41, 5.74) is 10.7. The van der Waals surface area contributed by atoms with Gasteiger partial charge in [-0.2, -0.15) is 0 Å². The van der Waals surface area contributed by atoms with Crippen molar-refractivity contribution < 1.29 is 4.39 Å². The maximum Gasteiger partial charge on any atom is 0.123 e. The summed E-state index contributed by atoms with van der Waals surface area (Å²) in [6.45, 7) is 3.19. The predicted molar refractivity (Wildman–Crippen MR) is 83.2 cm³/mol. The van der Waals surface area contributed by atoms with E-state index in [0.29, 0.717) is 6.54 Å². The van der Waals surface area contributed by atoms with Gasteiger partial charge in [-0.15, -0.1) is 0 Å². The van der Waals surface area contributed by atoms with Crippen molar-refractivity contribution in [2.45, 2.75) is 32.5 Å². The average molecular weight is 284 g/mol. The first-order valence-corrected chi connectivity index (χ1v) is 7.53. The molecule has 1 aliphatic heterocycles. The number of halogens is 1. The lowest BCUT2D eigenvalue weighted by atomic mass is 10.0. The first-order valence-electron chi connectivity index (χ1n) is 7.53. The first-order chi connectivity index (χ1) is 10.3. The summed E-state index contributed by atoms with van der Waals surface area (Å²) >= 11 is 0. The van der Waals surface area contributed by atoms with Crippen LogP contribution in [0, 0.1) is 5.82 Å². The summed E-state index contributed by atoms with van der Waals surface area (Å²) in [4.78, 5) is 2.39. The molecule has 3 rings (SSSR count). The topological polar surface area (TPSA) is 29.3 Å². The molecule has 0 fully saturated rings. The standard InChI is InChI=1S/C18H21FN2/c19-18-8-7-15(11-20)17(10-18)13-21-9-3-6-14-4-1-2-5-16(14)12-21/h1-2,4-5,7-8,10H,3,6,9,11-13,20H2. The fraction of sp³-hybridized carbons (Fsp3) is 0.333. The van der Waals surface area contributed by atoms with Crippen LogP contribution < -0.4 is 5.73 Å². The Morgan fingerprint density at radius 3 is 2.67 bits per heavy atom. The minimum atomic E-state index is -0.183. The molecule has 0 amide bonds. The molecule has 0 aliphatic carbocycles. The van der Waals surface area contributed by atoms with Crippen LogP contribution in [0.4, 0.5) is 4.39 Å². The number of aryl methyl sites for hydroxylation is 1. The number of benzene rings is 2. The molecule has 0 radical (unpaired) electrons. The zero-order chi connectivity index (χ0) is 14.7. The Morgan fingerprint density at radius 1 is 1.05 bits per heavy atom. The summed E-state index contributed by atoms with van der Waals surface area (Å²) in [6, 6.07) is 13.5. The Hall–Kier alpha value is -1.71. The van der Waals surface area contributed by atoms with Crippen molar-refractivity contribution in [1.82, 2.24) is 4.90 Å². The van der Waals surface area contributed by atoms with Gasteiger partial charge in [-0.05, 0) is 53.8 Å². The van der Waals surface area contributed by atoms with Crippen LogP contribution in [0.15, 0.2) is 42.5 Å². The van der Waals surface area contributed by atoms with Gasteiger partial charge in [0.15, 0.2) is 0 Å². The van der Waals surface area contributed by atoms with E-state index < -0.39 is 0 Å². The number of hydrogen-bond acceptors (Lipinski definition) is 2. The summed E-state index contributed by atoms with van der Waals surface area (Å²) < 4.78 is 13.5. The molecule has 0 saturated heterocycles. The van der Waals surface area contributed by atoms with E-state index in [1.165, 1.54) is 17.2 Å². The highest BCUT2D eigenvalue weighted by molar-refractivity contribution is 5.30. The highest BCUT2D eigenvalue weighted by atomic mass is 19.1. The molecule has 1 aliphatic rings. The van der Waals surface area contributed by atoms with E-state index in [1.54, 1.807) is 12.1 Å². The molecule has 0 atom stereocenters. The minimum Gasteiger partial charge on any atom is -0.326 e. The lowest BCUT2D eigenvalue weighted by molar-refractivity contribution is 0.260. The smallest absolute Gasteiger partial charge is 0.123 e. The van der Waals surface area contributed by atoms with E-state index in [4.69, 9.17) is 5.73 Å². The van der Waals surface area contributed by atoms with Crippen LogP contribution in [0.3, 0.4) is 0 Å². The number of nitrogens with two attached hydrogens (primary N) is 1. The zero-order valence-corrected chi connectivity index (χ0v) is 12.2. The van der Waals surface area contributed by atoms with Crippen LogP contribution >= 0.6 is 0 Å². The highest BCUT2D eigenvalue weighted by Gasteiger charge is 2.15. The van der Waals surface area contributed by atoms with Crippen LogP contribution in [0.25, 0.3) is 0 Å². The third kappa shape index (κ3) is 3.31. The van der Waals surface area contributed by atoms with Gasteiger partial charge >= 0.3 is 0 Å². The Morgan fingerprint density at radius 2 is 1.86 bits per heavy atom. The van der Waals surface area contributed by atoms with Crippen LogP contribution in [0.1, 0.15) is 28.7 Å². The lowest BCUT2D eigenvalue weighted by Gasteiger charge is -2.22. The Kier molecular flexibility index (Phi) is 4.32. The molecule has 110 valence electrons. The number of fused-ring (bicyclic) bond motifs is 1. The lowest BCUT2D eigenvalue weighted by Crippen LogP contribution is -2.23. The van der Waals surface area contributed by atoms with Gasteiger partial charge in [-0.3, -0.25) is 4.90 Å². The van der Waals surface area contributed by atoms with E-state index in [2.05, 4.69) is 29.2 Å². The molecule has 21 heavy (non-hydrogen) atoms. The summed E-state index contributed by atoms with van der Waals surface area (Å²) in [5.74, 6) is -0.183. The zero-order valence-electron chi connectivity index (χ0n) is 12.2. The molecule has 0 bridgehead atoms. The highest BCUT2D eigenvalue weighted by Crippen LogP contribution is 2.21. The SMILES string of the molecule is NCc1ccc(F)cc1CN1CCCc2ccccc2C1. The Labute approximate surface area is 125 Å². The van der Waals surface area contributed by atoms with Crippen molar-refractivity contribution in [3.8, 4) is 0 Å². The van der Waals surface area contributed by atoms with Crippen LogP contribution in [-0.2, 0) is 26.1 Å². The molecular weight excluding hydrogens is 263 g/mol. The molecule has 2 aromatic rings. The maximum absolute atomic E-state index is 13.5. The van der Waals surface area contributed by atoms with E-state index in [1.807, 2.05) is 0 Å². The first kappa shape index (κ1) is 14.2. The average Bonchev–Trinajstić information content (AvgIpc) is 2.69. The Bertz CT molecular complexity index is 624. The normalized spacial score (nSPS) is 15.5.